The van der Waals surface area contributed by atoms with Crippen LogP contribution in [0.25, 0.3) is 0 Å². The molecule has 0 saturated carbocycles. The summed E-state index contributed by atoms with van der Waals surface area (Å²) in [6.07, 6.45) is 0.305. The Hall–Kier alpha value is -2.04. The molecule has 0 bridgehead atoms. The number of rotatable bonds is 7. The van der Waals surface area contributed by atoms with E-state index in [9.17, 15) is 14.7 Å². The van der Waals surface area contributed by atoms with Crippen molar-refractivity contribution in [3.63, 3.8) is 0 Å². The van der Waals surface area contributed by atoms with E-state index in [1.807, 2.05) is 13.0 Å². The van der Waals surface area contributed by atoms with E-state index in [1.54, 1.807) is 18.2 Å². The van der Waals surface area contributed by atoms with Gasteiger partial charge in [-0.25, -0.2) is 0 Å². The lowest BCUT2D eigenvalue weighted by atomic mass is 10.2. The number of carbonyl (C=O) groups is 2. The van der Waals surface area contributed by atoms with Crippen molar-refractivity contribution in [2.24, 2.45) is 0 Å². The number of para-hydroxylation sites is 2. The monoisotopic (exact) mass is 250 g/mol. The lowest BCUT2D eigenvalue weighted by Gasteiger charge is -2.11. The Morgan fingerprint density at radius 2 is 2.00 bits per heavy atom. The molecule has 5 nitrogen and oxygen atoms in total. The Labute approximate surface area is 106 Å². The average molecular weight is 250 g/mol. The molecule has 1 rings (SSSR count). The molecule has 0 fully saturated rings. The van der Waals surface area contributed by atoms with Gasteiger partial charge in [-0.1, -0.05) is 12.1 Å². The van der Waals surface area contributed by atoms with E-state index in [-0.39, 0.29) is 25.2 Å². The minimum atomic E-state index is -1.14. The third-order valence-electron chi connectivity index (χ3n) is 2.25. The molecular formula is C13H16NO4-. The van der Waals surface area contributed by atoms with Gasteiger partial charge in [-0.3, -0.25) is 4.79 Å². The standard InChI is InChI=1S/C13H17NO4/c1-2-18-11-7-4-3-6-10(11)14-12(15)8-5-9-13(16)17/h3-4,6-7H,2,5,8-9H2,1H3,(H,14,15)(H,16,17)/p-1. The van der Waals surface area contributed by atoms with Crippen LogP contribution in [-0.2, 0) is 9.59 Å². The topological polar surface area (TPSA) is 78.5 Å². The molecule has 0 heterocycles. The van der Waals surface area contributed by atoms with Gasteiger partial charge in [0.25, 0.3) is 0 Å². The number of benzene rings is 1. The highest BCUT2D eigenvalue weighted by molar-refractivity contribution is 5.92. The highest BCUT2D eigenvalue weighted by Gasteiger charge is 2.06. The Morgan fingerprint density at radius 1 is 1.28 bits per heavy atom. The summed E-state index contributed by atoms with van der Waals surface area (Å²) in [5, 5.41) is 12.9. The lowest BCUT2D eigenvalue weighted by Crippen LogP contribution is -2.22. The number of carboxylic acid groups (broad SMARTS) is 1. The second-order valence-electron chi connectivity index (χ2n) is 3.70. The molecule has 0 spiro atoms. The zero-order chi connectivity index (χ0) is 13.4. The zero-order valence-electron chi connectivity index (χ0n) is 10.3. The van der Waals surface area contributed by atoms with Gasteiger partial charge in [0.05, 0.1) is 12.3 Å². The van der Waals surface area contributed by atoms with Crippen molar-refractivity contribution in [1.29, 1.82) is 0 Å². The third kappa shape index (κ3) is 4.86. The van der Waals surface area contributed by atoms with Crippen LogP contribution >= 0.6 is 0 Å². The maximum absolute atomic E-state index is 11.6. The smallest absolute Gasteiger partial charge is 0.224 e. The van der Waals surface area contributed by atoms with Crippen LogP contribution in [0.3, 0.4) is 0 Å². The van der Waals surface area contributed by atoms with Gasteiger partial charge < -0.3 is 20.0 Å². The zero-order valence-corrected chi connectivity index (χ0v) is 10.3. The van der Waals surface area contributed by atoms with Gasteiger partial charge in [-0.15, -0.1) is 0 Å². The lowest BCUT2D eigenvalue weighted by molar-refractivity contribution is -0.305. The van der Waals surface area contributed by atoms with Crippen molar-refractivity contribution < 1.29 is 19.4 Å². The molecule has 1 N–H and O–H groups in total. The Bertz CT molecular complexity index is 417. The number of carbonyl (C=O) groups excluding carboxylic acids is 2. The van der Waals surface area contributed by atoms with Crippen molar-refractivity contribution in [1.82, 2.24) is 0 Å². The predicted octanol–water partition coefficient (Wildman–Crippen LogP) is 0.944. The number of aliphatic carboxylic acids is 1. The quantitative estimate of drug-likeness (QED) is 0.781. The maximum Gasteiger partial charge on any atom is 0.224 e. The number of ether oxygens (including phenoxy) is 1. The van der Waals surface area contributed by atoms with Crippen molar-refractivity contribution in [2.75, 3.05) is 11.9 Å². The number of carboxylic acids is 1. The van der Waals surface area contributed by atoms with Gasteiger partial charge in [-0.2, -0.15) is 0 Å². The normalized spacial score (nSPS) is 9.83. The number of amides is 1. The maximum atomic E-state index is 11.6. The summed E-state index contributed by atoms with van der Waals surface area (Å²) in [5.41, 5.74) is 0.595. The minimum absolute atomic E-state index is 0.111. The summed E-state index contributed by atoms with van der Waals surface area (Å²) >= 11 is 0. The molecule has 1 amide bonds. The van der Waals surface area contributed by atoms with Gasteiger partial charge in [0.2, 0.25) is 5.91 Å². The Balaban J connectivity index is 2.50. The summed E-state index contributed by atoms with van der Waals surface area (Å²) in [5.74, 6) is -0.769. The molecule has 0 radical (unpaired) electrons. The van der Waals surface area contributed by atoms with E-state index in [0.717, 1.165) is 0 Å². The molecular weight excluding hydrogens is 234 g/mol. The van der Waals surface area contributed by atoms with Gasteiger partial charge in [0.1, 0.15) is 5.75 Å². The summed E-state index contributed by atoms with van der Waals surface area (Å²) in [7, 11) is 0. The molecule has 0 aliphatic rings. The van der Waals surface area contributed by atoms with Crippen LogP contribution in [0, 0.1) is 0 Å². The van der Waals surface area contributed by atoms with Crippen LogP contribution < -0.4 is 15.2 Å². The van der Waals surface area contributed by atoms with Gasteiger partial charge >= 0.3 is 0 Å². The molecule has 98 valence electrons. The second-order valence-corrected chi connectivity index (χ2v) is 3.70. The van der Waals surface area contributed by atoms with Crippen LogP contribution in [0.15, 0.2) is 24.3 Å². The van der Waals surface area contributed by atoms with Gasteiger partial charge in [-0.05, 0) is 31.9 Å². The molecule has 0 aliphatic heterocycles. The van der Waals surface area contributed by atoms with Crippen molar-refractivity contribution in [3.8, 4) is 5.75 Å². The van der Waals surface area contributed by atoms with Gasteiger partial charge in [0.15, 0.2) is 0 Å². The summed E-state index contributed by atoms with van der Waals surface area (Å²) in [4.78, 5) is 21.8. The van der Waals surface area contributed by atoms with Crippen LogP contribution in [0.5, 0.6) is 5.75 Å². The molecule has 1 aromatic rings. The first-order valence-corrected chi connectivity index (χ1v) is 5.85. The van der Waals surface area contributed by atoms with E-state index >= 15 is 0 Å². The van der Waals surface area contributed by atoms with E-state index in [0.29, 0.717) is 18.0 Å². The fourth-order valence-electron chi connectivity index (χ4n) is 1.46. The summed E-state index contributed by atoms with van der Waals surface area (Å²) < 4.78 is 5.36. The van der Waals surface area contributed by atoms with Crippen molar-refractivity contribution in [3.05, 3.63) is 24.3 Å². The van der Waals surface area contributed by atoms with Crippen LogP contribution in [0.2, 0.25) is 0 Å². The molecule has 18 heavy (non-hydrogen) atoms. The van der Waals surface area contributed by atoms with Gasteiger partial charge in [0, 0.05) is 12.4 Å². The first-order chi connectivity index (χ1) is 8.63. The highest BCUT2D eigenvalue weighted by Crippen LogP contribution is 2.23. The number of anilines is 1. The molecule has 0 saturated heterocycles. The van der Waals surface area contributed by atoms with E-state index in [1.165, 1.54) is 0 Å². The number of nitrogens with one attached hydrogen (secondary N) is 1. The molecule has 0 unspecified atom stereocenters. The van der Waals surface area contributed by atoms with Crippen LogP contribution in [-0.4, -0.2) is 18.5 Å². The first-order valence-electron chi connectivity index (χ1n) is 5.85. The number of hydrogen-bond donors (Lipinski definition) is 1. The minimum Gasteiger partial charge on any atom is -0.550 e. The third-order valence-corrected chi connectivity index (χ3v) is 2.25. The molecule has 0 aromatic heterocycles. The fraction of sp³-hybridized carbons (Fsp3) is 0.385. The van der Waals surface area contributed by atoms with E-state index < -0.39 is 5.97 Å². The SMILES string of the molecule is CCOc1ccccc1NC(=O)CCCC(=O)[O-]. The average Bonchev–Trinajstić information content (AvgIpc) is 2.31. The Kier molecular flexibility index (Phi) is 5.70. The van der Waals surface area contributed by atoms with Crippen molar-refractivity contribution in [2.45, 2.75) is 26.2 Å². The predicted molar refractivity (Wildman–Crippen MR) is 65.1 cm³/mol. The fourth-order valence-corrected chi connectivity index (χ4v) is 1.46. The highest BCUT2D eigenvalue weighted by atomic mass is 16.5. The number of hydrogen-bond acceptors (Lipinski definition) is 4. The second kappa shape index (κ2) is 7.32. The molecule has 5 heteroatoms. The first kappa shape index (κ1) is 14.0. The van der Waals surface area contributed by atoms with Crippen LogP contribution in [0.4, 0.5) is 5.69 Å². The summed E-state index contributed by atoms with van der Waals surface area (Å²) in [6, 6.07) is 7.11. The molecule has 0 atom stereocenters. The largest absolute Gasteiger partial charge is 0.550 e. The van der Waals surface area contributed by atoms with Crippen molar-refractivity contribution >= 4 is 17.6 Å². The molecule has 1 aromatic carbocycles. The van der Waals surface area contributed by atoms with Crippen LogP contribution in [0.1, 0.15) is 26.2 Å². The summed E-state index contributed by atoms with van der Waals surface area (Å²) in [6.45, 7) is 2.37. The Morgan fingerprint density at radius 3 is 2.67 bits per heavy atom. The van der Waals surface area contributed by atoms with E-state index in [2.05, 4.69) is 5.32 Å². The molecule has 0 aliphatic carbocycles. The van der Waals surface area contributed by atoms with E-state index in [4.69, 9.17) is 4.74 Å².